The Morgan fingerprint density at radius 3 is 2.38 bits per heavy atom. The second kappa shape index (κ2) is 10.0. The molecule has 1 heterocycles. The molecule has 1 aromatic heterocycles. The SMILES string of the molecule is O=C(NCc1cccc(F)c1)c1csc(-c2ccc(OCc3ccc(C(F)(F)F)cc3)cc2)n1. The smallest absolute Gasteiger partial charge is 0.416 e. The fourth-order valence-electron chi connectivity index (χ4n) is 3.08. The first kappa shape index (κ1) is 23.4. The van der Waals surface area contributed by atoms with Gasteiger partial charge in [-0.15, -0.1) is 11.3 Å². The molecule has 0 aliphatic heterocycles. The van der Waals surface area contributed by atoms with Crippen LogP contribution in [0.2, 0.25) is 0 Å². The first-order valence-corrected chi connectivity index (χ1v) is 11.0. The van der Waals surface area contributed by atoms with Crippen LogP contribution in [0, 0.1) is 5.82 Å². The quantitative estimate of drug-likeness (QED) is 0.304. The molecule has 0 spiro atoms. The summed E-state index contributed by atoms with van der Waals surface area (Å²) >= 11 is 1.31. The van der Waals surface area contributed by atoms with E-state index in [0.717, 1.165) is 17.7 Å². The highest BCUT2D eigenvalue weighted by molar-refractivity contribution is 7.13. The fraction of sp³-hybridized carbons (Fsp3) is 0.120. The summed E-state index contributed by atoms with van der Waals surface area (Å²) in [6.07, 6.45) is -4.37. The standard InChI is InChI=1S/C25H18F4N2O2S/c26-20-3-1-2-17(12-20)13-30-23(32)22-15-34-24(31-22)18-6-10-21(11-7-18)33-14-16-4-8-19(9-5-16)25(27,28)29/h1-12,15H,13-14H2,(H,30,32). The maximum absolute atomic E-state index is 13.3. The van der Waals surface area contributed by atoms with Crippen molar-refractivity contribution in [1.82, 2.24) is 10.3 Å². The second-order valence-electron chi connectivity index (χ2n) is 7.36. The summed E-state index contributed by atoms with van der Waals surface area (Å²) < 4.78 is 56.8. The average molecular weight is 486 g/mol. The largest absolute Gasteiger partial charge is 0.489 e. The maximum Gasteiger partial charge on any atom is 0.416 e. The number of aromatic nitrogens is 1. The van der Waals surface area contributed by atoms with Crippen molar-refractivity contribution in [3.8, 4) is 16.3 Å². The molecule has 4 aromatic rings. The molecule has 0 saturated heterocycles. The van der Waals surface area contributed by atoms with Crippen LogP contribution in [0.3, 0.4) is 0 Å². The molecule has 34 heavy (non-hydrogen) atoms. The maximum atomic E-state index is 13.3. The highest BCUT2D eigenvalue weighted by Crippen LogP contribution is 2.29. The molecule has 174 valence electrons. The van der Waals surface area contributed by atoms with E-state index in [2.05, 4.69) is 10.3 Å². The van der Waals surface area contributed by atoms with Gasteiger partial charge in [-0.25, -0.2) is 9.37 Å². The first-order chi connectivity index (χ1) is 16.3. The average Bonchev–Trinajstić information content (AvgIpc) is 3.32. The number of ether oxygens (including phenoxy) is 1. The minimum absolute atomic E-state index is 0.129. The summed E-state index contributed by atoms with van der Waals surface area (Å²) in [6.45, 7) is 0.318. The van der Waals surface area contributed by atoms with E-state index >= 15 is 0 Å². The lowest BCUT2D eigenvalue weighted by Gasteiger charge is -2.09. The van der Waals surface area contributed by atoms with E-state index in [-0.39, 0.29) is 30.6 Å². The van der Waals surface area contributed by atoms with E-state index in [9.17, 15) is 22.4 Å². The molecule has 0 radical (unpaired) electrons. The van der Waals surface area contributed by atoms with Gasteiger partial charge in [0.1, 0.15) is 28.9 Å². The third-order valence-corrected chi connectivity index (χ3v) is 5.76. The van der Waals surface area contributed by atoms with E-state index in [1.165, 1.54) is 35.6 Å². The molecule has 4 nitrogen and oxygen atoms in total. The lowest BCUT2D eigenvalue weighted by atomic mass is 10.1. The van der Waals surface area contributed by atoms with Gasteiger partial charge in [-0.3, -0.25) is 4.79 Å². The van der Waals surface area contributed by atoms with E-state index in [0.29, 0.717) is 21.9 Å². The number of amides is 1. The van der Waals surface area contributed by atoms with E-state index in [4.69, 9.17) is 4.74 Å². The molecule has 0 atom stereocenters. The van der Waals surface area contributed by atoms with Crippen LogP contribution < -0.4 is 10.1 Å². The summed E-state index contributed by atoms with van der Waals surface area (Å²) in [5.41, 5.74) is 1.61. The van der Waals surface area contributed by atoms with Crippen molar-refractivity contribution in [3.63, 3.8) is 0 Å². The van der Waals surface area contributed by atoms with E-state index in [1.54, 1.807) is 41.8 Å². The number of hydrogen-bond acceptors (Lipinski definition) is 4. The molecule has 0 unspecified atom stereocenters. The summed E-state index contributed by atoms with van der Waals surface area (Å²) in [5, 5.41) is 5.00. The molecule has 9 heteroatoms. The van der Waals surface area contributed by atoms with Crippen molar-refractivity contribution >= 4 is 17.2 Å². The molecule has 0 saturated carbocycles. The van der Waals surface area contributed by atoms with Gasteiger partial charge >= 0.3 is 6.18 Å². The summed E-state index contributed by atoms with van der Waals surface area (Å²) in [4.78, 5) is 16.7. The van der Waals surface area contributed by atoms with Crippen LogP contribution in [0.15, 0.2) is 78.2 Å². The Kier molecular flexibility index (Phi) is 6.93. The predicted molar refractivity (Wildman–Crippen MR) is 121 cm³/mol. The van der Waals surface area contributed by atoms with Crippen LogP contribution in [0.1, 0.15) is 27.2 Å². The molecular weight excluding hydrogens is 468 g/mol. The number of carbonyl (C=O) groups is 1. The van der Waals surface area contributed by atoms with Gasteiger partial charge in [-0.1, -0.05) is 24.3 Å². The van der Waals surface area contributed by atoms with Crippen LogP contribution in [0.4, 0.5) is 17.6 Å². The number of rotatable bonds is 7. The number of halogens is 4. The van der Waals surface area contributed by atoms with Crippen LogP contribution >= 0.6 is 11.3 Å². The number of nitrogens with one attached hydrogen (secondary N) is 1. The van der Waals surface area contributed by atoms with Gasteiger partial charge in [0.15, 0.2) is 0 Å². The molecule has 0 fully saturated rings. The minimum Gasteiger partial charge on any atom is -0.489 e. The molecule has 0 aliphatic carbocycles. The van der Waals surface area contributed by atoms with Crippen molar-refractivity contribution in [2.75, 3.05) is 0 Å². The number of thiazole rings is 1. The fourth-order valence-corrected chi connectivity index (χ4v) is 3.89. The van der Waals surface area contributed by atoms with Crippen LogP contribution in [-0.4, -0.2) is 10.9 Å². The Labute approximate surface area is 196 Å². The molecule has 0 bridgehead atoms. The Balaban J connectivity index is 1.32. The molecule has 3 aromatic carbocycles. The minimum atomic E-state index is -4.37. The highest BCUT2D eigenvalue weighted by Gasteiger charge is 2.29. The normalized spacial score (nSPS) is 11.3. The van der Waals surface area contributed by atoms with Gasteiger partial charge in [0, 0.05) is 17.5 Å². The van der Waals surface area contributed by atoms with E-state index < -0.39 is 11.7 Å². The lowest BCUT2D eigenvalue weighted by molar-refractivity contribution is -0.137. The van der Waals surface area contributed by atoms with Gasteiger partial charge in [0.05, 0.1) is 5.56 Å². The van der Waals surface area contributed by atoms with Crippen molar-refractivity contribution in [2.24, 2.45) is 0 Å². The molecular formula is C25H18F4N2O2S. The van der Waals surface area contributed by atoms with Crippen molar-refractivity contribution in [3.05, 3.63) is 106 Å². The Morgan fingerprint density at radius 1 is 0.971 bits per heavy atom. The van der Waals surface area contributed by atoms with Crippen LogP contribution in [0.5, 0.6) is 5.75 Å². The molecule has 1 N–H and O–H groups in total. The number of alkyl halides is 3. The summed E-state index contributed by atoms with van der Waals surface area (Å²) in [5.74, 6) is -0.175. The molecule has 4 rings (SSSR count). The molecule has 0 aliphatic rings. The zero-order valence-corrected chi connectivity index (χ0v) is 18.4. The van der Waals surface area contributed by atoms with E-state index in [1.807, 2.05) is 0 Å². The Morgan fingerprint density at radius 2 is 1.71 bits per heavy atom. The van der Waals surface area contributed by atoms with Gasteiger partial charge in [0.2, 0.25) is 0 Å². The van der Waals surface area contributed by atoms with Crippen LogP contribution in [-0.2, 0) is 19.3 Å². The van der Waals surface area contributed by atoms with Crippen molar-refractivity contribution in [1.29, 1.82) is 0 Å². The van der Waals surface area contributed by atoms with Gasteiger partial charge in [-0.2, -0.15) is 13.2 Å². The van der Waals surface area contributed by atoms with Crippen LogP contribution in [0.25, 0.3) is 10.6 Å². The topological polar surface area (TPSA) is 51.2 Å². The third kappa shape index (κ3) is 5.99. The van der Waals surface area contributed by atoms with Crippen molar-refractivity contribution in [2.45, 2.75) is 19.3 Å². The highest BCUT2D eigenvalue weighted by atomic mass is 32.1. The Bertz CT molecular complexity index is 1270. The lowest BCUT2D eigenvalue weighted by Crippen LogP contribution is -2.23. The monoisotopic (exact) mass is 486 g/mol. The zero-order valence-electron chi connectivity index (χ0n) is 17.6. The van der Waals surface area contributed by atoms with Crippen molar-refractivity contribution < 1.29 is 27.1 Å². The summed E-state index contributed by atoms with van der Waals surface area (Å²) in [6, 6.07) is 17.8. The van der Waals surface area contributed by atoms with Gasteiger partial charge < -0.3 is 10.1 Å². The number of benzene rings is 3. The first-order valence-electron chi connectivity index (χ1n) is 10.2. The van der Waals surface area contributed by atoms with Gasteiger partial charge in [0.25, 0.3) is 5.91 Å². The summed E-state index contributed by atoms with van der Waals surface area (Å²) in [7, 11) is 0. The number of hydrogen-bond donors (Lipinski definition) is 1. The number of carbonyl (C=O) groups excluding carboxylic acids is 1. The second-order valence-corrected chi connectivity index (χ2v) is 8.22. The third-order valence-electron chi connectivity index (χ3n) is 4.87. The zero-order chi connectivity index (χ0) is 24.1. The predicted octanol–water partition coefficient (Wildman–Crippen LogP) is 6.48. The number of nitrogens with zero attached hydrogens (tertiary/aromatic N) is 1. The molecule has 1 amide bonds. The Hall–Kier alpha value is -3.72. The van der Waals surface area contributed by atoms with Gasteiger partial charge in [-0.05, 0) is 59.7 Å².